The van der Waals surface area contributed by atoms with Gasteiger partial charge in [0.1, 0.15) is 5.82 Å². The average molecular weight is 361 g/mol. The number of aryl methyl sites for hydroxylation is 1. The van der Waals surface area contributed by atoms with Crippen LogP contribution in [0.5, 0.6) is 0 Å². The van der Waals surface area contributed by atoms with Crippen molar-refractivity contribution in [3.8, 4) is 5.69 Å². The summed E-state index contributed by atoms with van der Waals surface area (Å²) in [5.74, 6) is 1.35. The molecule has 2 rings (SSSR count). The third kappa shape index (κ3) is 3.83. The number of rotatable bonds is 6. The van der Waals surface area contributed by atoms with E-state index < -0.39 is 5.69 Å². The molecule has 1 aromatic heterocycles. The molecule has 21 heavy (non-hydrogen) atoms. The summed E-state index contributed by atoms with van der Waals surface area (Å²) in [7, 11) is 3.13. The summed E-state index contributed by atoms with van der Waals surface area (Å²) < 4.78 is 13.0. The molecule has 0 amide bonds. The minimum Gasteiger partial charge on any atom is -0.325 e. The van der Waals surface area contributed by atoms with E-state index in [9.17, 15) is 0 Å². The van der Waals surface area contributed by atoms with Gasteiger partial charge in [-0.05, 0) is 42.6 Å². The highest BCUT2D eigenvalue weighted by Gasteiger charge is 2.19. The second-order valence-electron chi connectivity index (χ2n) is 4.15. The van der Waals surface area contributed by atoms with Gasteiger partial charge in [-0.3, -0.25) is 9.67 Å². The second-order valence-corrected chi connectivity index (χ2v) is 11.1. The molecule has 0 aliphatic rings. The zero-order valence-electron chi connectivity index (χ0n) is 11.9. The number of aromatic amines is 1. The number of aromatic nitrogens is 3. The van der Waals surface area contributed by atoms with Gasteiger partial charge < -0.3 is 9.05 Å². The average Bonchev–Trinajstić information content (AvgIpc) is 2.86. The van der Waals surface area contributed by atoms with E-state index in [0.29, 0.717) is 10.5 Å². The molecule has 114 valence electrons. The first-order chi connectivity index (χ1) is 10.0. The molecule has 0 atom stereocenters. The Balaban J connectivity index is 2.34. The van der Waals surface area contributed by atoms with Crippen LogP contribution in [0.1, 0.15) is 11.4 Å². The normalized spacial score (nSPS) is 11.8. The number of hydrogen-bond donors (Lipinski definition) is 1. The first-order valence-corrected chi connectivity index (χ1v) is 10.7. The van der Waals surface area contributed by atoms with Crippen molar-refractivity contribution in [3.63, 3.8) is 0 Å². The molecular formula is C12H16N3O2PS3. The van der Waals surface area contributed by atoms with Crippen LogP contribution in [0.15, 0.2) is 24.3 Å². The van der Waals surface area contributed by atoms with Crippen LogP contribution in [0.2, 0.25) is 0 Å². The van der Waals surface area contributed by atoms with Gasteiger partial charge in [-0.15, -0.1) is 0 Å². The van der Waals surface area contributed by atoms with E-state index in [-0.39, 0.29) is 0 Å². The third-order valence-electron chi connectivity index (χ3n) is 2.90. The monoisotopic (exact) mass is 361 g/mol. The van der Waals surface area contributed by atoms with Crippen molar-refractivity contribution in [2.24, 2.45) is 0 Å². The third-order valence-corrected chi connectivity index (χ3v) is 8.84. The second kappa shape index (κ2) is 7.17. The fourth-order valence-electron chi connectivity index (χ4n) is 1.81. The topological polar surface area (TPSA) is 52.1 Å². The molecule has 0 aliphatic heterocycles. The number of hydrogen-bond acceptors (Lipinski definition) is 6. The largest absolute Gasteiger partial charge is 0.325 e. The lowest BCUT2D eigenvalue weighted by Crippen LogP contribution is -2.02. The Morgan fingerprint density at radius 1 is 1.33 bits per heavy atom. The van der Waals surface area contributed by atoms with Crippen molar-refractivity contribution in [1.29, 1.82) is 0 Å². The molecule has 0 fully saturated rings. The molecule has 0 spiro atoms. The Morgan fingerprint density at radius 2 is 2.00 bits per heavy atom. The molecule has 2 aromatic rings. The first-order valence-electron chi connectivity index (χ1n) is 6.09. The standard InChI is InChI=1S/C12H16N3O2PS3/c1-9-6-4-5-7-10(9)15-11(13-14-12(15)19)8-21-18(20,16-2)17-3/h4-7H,8H2,1-3H3,(H,14,19). The van der Waals surface area contributed by atoms with E-state index in [2.05, 4.69) is 10.2 Å². The molecule has 5 nitrogen and oxygen atoms in total. The van der Waals surface area contributed by atoms with Crippen molar-refractivity contribution in [1.82, 2.24) is 14.8 Å². The van der Waals surface area contributed by atoms with Crippen LogP contribution in [0.25, 0.3) is 5.69 Å². The molecule has 9 heteroatoms. The highest BCUT2D eigenvalue weighted by Crippen LogP contribution is 2.60. The molecule has 1 N–H and O–H groups in total. The van der Waals surface area contributed by atoms with Crippen molar-refractivity contribution in [3.05, 3.63) is 40.4 Å². The van der Waals surface area contributed by atoms with Gasteiger partial charge in [0.15, 0.2) is 4.77 Å². The Kier molecular flexibility index (Phi) is 5.76. The summed E-state index contributed by atoms with van der Waals surface area (Å²) in [4.78, 5) is 0. The van der Waals surface area contributed by atoms with Gasteiger partial charge in [-0.1, -0.05) is 29.6 Å². The number of nitrogens with zero attached hydrogens (tertiary/aromatic N) is 2. The van der Waals surface area contributed by atoms with Gasteiger partial charge >= 0.3 is 0 Å². The summed E-state index contributed by atoms with van der Waals surface area (Å²) in [6.07, 6.45) is 0. The summed E-state index contributed by atoms with van der Waals surface area (Å²) in [5.41, 5.74) is -0.178. The van der Waals surface area contributed by atoms with Crippen LogP contribution >= 0.6 is 29.3 Å². The van der Waals surface area contributed by atoms with Gasteiger partial charge in [0.2, 0.25) is 5.69 Å². The van der Waals surface area contributed by atoms with Gasteiger partial charge in [0, 0.05) is 14.2 Å². The van der Waals surface area contributed by atoms with E-state index in [0.717, 1.165) is 17.1 Å². The van der Waals surface area contributed by atoms with Crippen LogP contribution in [0, 0.1) is 11.7 Å². The maximum Gasteiger partial charge on any atom is 0.247 e. The summed E-state index contributed by atoms with van der Waals surface area (Å²) in [6.45, 7) is 2.04. The smallest absolute Gasteiger partial charge is 0.247 e. The van der Waals surface area contributed by atoms with E-state index in [4.69, 9.17) is 33.1 Å². The van der Waals surface area contributed by atoms with Crippen molar-refractivity contribution in [2.75, 3.05) is 14.2 Å². The SMILES string of the molecule is COP(=S)(OC)SCc1n[nH]c(=S)n1-c1ccccc1C. The lowest BCUT2D eigenvalue weighted by Gasteiger charge is -2.16. The van der Waals surface area contributed by atoms with Crippen molar-refractivity contribution < 1.29 is 9.05 Å². The minimum atomic E-state index is -2.31. The van der Waals surface area contributed by atoms with Crippen LogP contribution in [0.4, 0.5) is 0 Å². The summed E-state index contributed by atoms with van der Waals surface area (Å²) >= 11 is 12.1. The zero-order chi connectivity index (χ0) is 15.5. The minimum absolute atomic E-state index is 0.556. The lowest BCUT2D eigenvalue weighted by molar-refractivity contribution is 0.354. The predicted octanol–water partition coefficient (Wildman–Crippen LogP) is 3.99. The Labute approximate surface area is 138 Å². The van der Waals surface area contributed by atoms with Crippen LogP contribution in [-0.2, 0) is 26.6 Å². The Bertz CT molecular complexity index is 721. The number of para-hydroxylation sites is 1. The van der Waals surface area contributed by atoms with E-state index >= 15 is 0 Å². The first kappa shape index (κ1) is 16.9. The highest BCUT2D eigenvalue weighted by atomic mass is 32.9. The summed E-state index contributed by atoms with van der Waals surface area (Å²) in [5, 5.41) is 7.12. The predicted molar refractivity (Wildman–Crippen MR) is 93.1 cm³/mol. The van der Waals surface area contributed by atoms with Crippen molar-refractivity contribution in [2.45, 2.75) is 12.7 Å². The molecule has 0 saturated heterocycles. The van der Waals surface area contributed by atoms with Crippen molar-refractivity contribution >= 4 is 41.1 Å². The quantitative estimate of drug-likeness (QED) is 0.620. The lowest BCUT2D eigenvalue weighted by atomic mass is 10.2. The van der Waals surface area contributed by atoms with Gasteiger partial charge in [-0.2, -0.15) is 5.10 Å². The Morgan fingerprint density at radius 3 is 2.62 bits per heavy atom. The zero-order valence-corrected chi connectivity index (χ0v) is 15.2. The molecule has 0 unspecified atom stereocenters. The molecule has 1 heterocycles. The van der Waals surface area contributed by atoms with Crippen LogP contribution in [0.3, 0.4) is 0 Å². The molecule has 0 aliphatic carbocycles. The van der Waals surface area contributed by atoms with E-state index in [1.165, 1.54) is 11.4 Å². The number of H-pyrrole nitrogens is 1. The highest BCUT2D eigenvalue weighted by molar-refractivity contribution is 8.67. The molecular weight excluding hydrogens is 345 g/mol. The molecule has 1 aromatic carbocycles. The summed E-state index contributed by atoms with van der Waals surface area (Å²) in [6, 6.07) is 8.02. The molecule has 0 bridgehead atoms. The maximum atomic E-state index is 5.35. The number of benzene rings is 1. The molecule has 0 saturated carbocycles. The number of nitrogens with one attached hydrogen (secondary N) is 1. The van der Waals surface area contributed by atoms with E-state index in [1.807, 2.05) is 35.8 Å². The fraction of sp³-hybridized carbons (Fsp3) is 0.333. The van der Waals surface area contributed by atoms with Crippen LogP contribution < -0.4 is 0 Å². The van der Waals surface area contributed by atoms with E-state index in [1.54, 1.807) is 14.2 Å². The van der Waals surface area contributed by atoms with Crippen LogP contribution in [-0.4, -0.2) is 29.0 Å². The fourth-order valence-corrected chi connectivity index (χ4v) is 4.81. The van der Waals surface area contributed by atoms with Gasteiger partial charge in [-0.25, -0.2) is 0 Å². The Hall–Kier alpha value is -0.500. The van der Waals surface area contributed by atoms with Gasteiger partial charge in [0.05, 0.1) is 11.4 Å². The maximum absolute atomic E-state index is 5.35. The molecule has 0 radical (unpaired) electrons. The van der Waals surface area contributed by atoms with Gasteiger partial charge in [0.25, 0.3) is 0 Å².